The number of carbonyl (C=O) groups is 1. The number of sulfonamides is 1. The first-order valence-corrected chi connectivity index (χ1v) is 11.2. The van der Waals surface area contributed by atoms with Crippen LogP contribution in [0.25, 0.3) is 0 Å². The fraction of sp³-hybridized carbons (Fsp3) is 0.632. The van der Waals surface area contributed by atoms with E-state index in [1.807, 2.05) is 0 Å². The second-order valence-corrected chi connectivity index (χ2v) is 9.62. The zero-order chi connectivity index (χ0) is 19.9. The predicted molar refractivity (Wildman–Crippen MR) is 106 cm³/mol. The van der Waals surface area contributed by atoms with E-state index in [4.69, 9.17) is 16.3 Å². The fourth-order valence-corrected chi connectivity index (χ4v) is 4.56. The standard InChI is InChI=1S/C19H29ClN2O4S/c1-15(2)14-26-13-3-10-21-19(23)16-8-11-22(12-9-16)27(24,25)18-6-4-17(20)5-7-18/h4-7,15-16H,3,8-14H2,1-2H3,(H,21,23). The van der Waals surface area contributed by atoms with Gasteiger partial charge in [-0.3, -0.25) is 4.79 Å². The lowest BCUT2D eigenvalue weighted by atomic mass is 9.97. The van der Waals surface area contributed by atoms with E-state index < -0.39 is 10.0 Å². The summed E-state index contributed by atoms with van der Waals surface area (Å²) in [5.74, 6) is 0.370. The monoisotopic (exact) mass is 416 g/mol. The van der Waals surface area contributed by atoms with Crippen molar-refractivity contribution in [2.24, 2.45) is 11.8 Å². The largest absolute Gasteiger partial charge is 0.381 e. The fourth-order valence-electron chi connectivity index (χ4n) is 2.96. The van der Waals surface area contributed by atoms with Gasteiger partial charge in [0.25, 0.3) is 0 Å². The van der Waals surface area contributed by atoms with Crippen molar-refractivity contribution in [1.29, 1.82) is 0 Å². The van der Waals surface area contributed by atoms with Gasteiger partial charge in [-0.15, -0.1) is 0 Å². The number of benzene rings is 1. The van der Waals surface area contributed by atoms with Gasteiger partial charge < -0.3 is 10.1 Å². The summed E-state index contributed by atoms with van der Waals surface area (Å²) >= 11 is 5.82. The molecule has 1 aliphatic rings. The number of nitrogens with zero attached hydrogens (tertiary/aromatic N) is 1. The van der Waals surface area contributed by atoms with E-state index in [1.165, 1.54) is 16.4 Å². The third kappa shape index (κ3) is 6.75. The molecule has 6 nitrogen and oxygen atoms in total. The summed E-state index contributed by atoms with van der Waals surface area (Å²) in [6, 6.07) is 6.16. The molecule has 152 valence electrons. The Kier molecular flexibility index (Phi) is 8.54. The molecule has 0 aromatic heterocycles. The second-order valence-electron chi connectivity index (χ2n) is 7.25. The number of hydrogen-bond donors (Lipinski definition) is 1. The number of carbonyl (C=O) groups excluding carboxylic acids is 1. The van der Waals surface area contributed by atoms with Crippen LogP contribution in [0.1, 0.15) is 33.1 Å². The van der Waals surface area contributed by atoms with E-state index in [-0.39, 0.29) is 16.7 Å². The van der Waals surface area contributed by atoms with Crippen LogP contribution in [0, 0.1) is 11.8 Å². The normalized spacial score (nSPS) is 16.6. The Morgan fingerprint density at radius 1 is 1.26 bits per heavy atom. The molecule has 0 aliphatic carbocycles. The Hall–Kier alpha value is -1.15. The molecule has 0 bridgehead atoms. The molecule has 0 atom stereocenters. The van der Waals surface area contributed by atoms with Gasteiger partial charge in [0.05, 0.1) is 4.90 Å². The molecule has 0 spiro atoms. The molecule has 1 amide bonds. The molecule has 27 heavy (non-hydrogen) atoms. The maximum absolute atomic E-state index is 12.7. The molecule has 1 saturated heterocycles. The first-order chi connectivity index (χ1) is 12.8. The quantitative estimate of drug-likeness (QED) is 0.628. The average Bonchev–Trinajstić information content (AvgIpc) is 2.64. The van der Waals surface area contributed by atoms with Crippen LogP contribution in [0.15, 0.2) is 29.2 Å². The highest BCUT2D eigenvalue weighted by atomic mass is 35.5. The number of amides is 1. The lowest BCUT2D eigenvalue weighted by Crippen LogP contribution is -2.43. The summed E-state index contributed by atoms with van der Waals surface area (Å²) in [5.41, 5.74) is 0. The zero-order valence-corrected chi connectivity index (χ0v) is 17.6. The van der Waals surface area contributed by atoms with Crippen LogP contribution in [0.3, 0.4) is 0 Å². The molecule has 1 fully saturated rings. The molecular weight excluding hydrogens is 388 g/mol. The Balaban J connectivity index is 1.74. The second kappa shape index (κ2) is 10.4. The minimum absolute atomic E-state index is 0.00222. The van der Waals surface area contributed by atoms with Crippen LogP contribution in [0.2, 0.25) is 5.02 Å². The number of nitrogens with one attached hydrogen (secondary N) is 1. The molecule has 0 radical (unpaired) electrons. The lowest BCUT2D eigenvalue weighted by Gasteiger charge is -2.30. The van der Waals surface area contributed by atoms with Crippen molar-refractivity contribution < 1.29 is 17.9 Å². The highest BCUT2D eigenvalue weighted by Crippen LogP contribution is 2.24. The zero-order valence-electron chi connectivity index (χ0n) is 16.0. The number of piperidine rings is 1. The summed E-state index contributed by atoms with van der Waals surface area (Å²) in [4.78, 5) is 12.5. The van der Waals surface area contributed by atoms with Crippen molar-refractivity contribution in [2.45, 2.75) is 38.0 Å². The van der Waals surface area contributed by atoms with E-state index >= 15 is 0 Å². The number of rotatable bonds is 9. The Morgan fingerprint density at radius 3 is 2.48 bits per heavy atom. The maximum Gasteiger partial charge on any atom is 0.243 e. The van der Waals surface area contributed by atoms with Gasteiger partial charge in [0, 0.05) is 43.8 Å². The van der Waals surface area contributed by atoms with Crippen LogP contribution in [-0.4, -0.2) is 51.5 Å². The van der Waals surface area contributed by atoms with Crippen molar-refractivity contribution in [1.82, 2.24) is 9.62 Å². The van der Waals surface area contributed by atoms with Crippen LogP contribution in [-0.2, 0) is 19.6 Å². The molecule has 0 unspecified atom stereocenters. The average molecular weight is 417 g/mol. The summed E-state index contributed by atoms with van der Waals surface area (Å²) in [7, 11) is -3.54. The minimum Gasteiger partial charge on any atom is -0.381 e. The van der Waals surface area contributed by atoms with E-state index in [9.17, 15) is 13.2 Å². The summed E-state index contributed by atoms with van der Waals surface area (Å²) in [6.07, 6.45) is 1.84. The molecule has 1 N–H and O–H groups in total. The van der Waals surface area contributed by atoms with Crippen molar-refractivity contribution in [3.05, 3.63) is 29.3 Å². The van der Waals surface area contributed by atoms with Gasteiger partial charge >= 0.3 is 0 Å². The van der Waals surface area contributed by atoms with Gasteiger partial charge in [0.15, 0.2) is 0 Å². The SMILES string of the molecule is CC(C)COCCCNC(=O)C1CCN(S(=O)(=O)c2ccc(Cl)cc2)CC1. The summed E-state index contributed by atoms with van der Waals surface area (Å²) in [6.45, 7) is 6.84. The Bertz CT molecular complexity index is 699. The van der Waals surface area contributed by atoms with Gasteiger partial charge in [-0.1, -0.05) is 25.4 Å². The molecule has 8 heteroatoms. The van der Waals surface area contributed by atoms with Crippen LogP contribution in [0.4, 0.5) is 0 Å². The molecule has 1 aliphatic heterocycles. The number of halogens is 1. The highest BCUT2D eigenvalue weighted by molar-refractivity contribution is 7.89. The van der Waals surface area contributed by atoms with Crippen molar-refractivity contribution in [2.75, 3.05) is 32.8 Å². The van der Waals surface area contributed by atoms with E-state index in [0.29, 0.717) is 50.0 Å². The predicted octanol–water partition coefficient (Wildman–Crippen LogP) is 2.92. The number of ether oxygens (including phenoxy) is 1. The lowest BCUT2D eigenvalue weighted by molar-refractivity contribution is -0.126. The molecule has 0 saturated carbocycles. The first kappa shape index (κ1) is 22.1. The number of hydrogen-bond acceptors (Lipinski definition) is 4. The van der Waals surface area contributed by atoms with Gasteiger partial charge in [-0.05, 0) is 49.4 Å². The Labute approximate surface area is 167 Å². The van der Waals surface area contributed by atoms with E-state index in [1.54, 1.807) is 12.1 Å². The summed E-state index contributed by atoms with van der Waals surface area (Å²) in [5, 5.41) is 3.43. The highest BCUT2D eigenvalue weighted by Gasteiger charge is 2.31. The molecule has 2 rings (SSSR count). The smallest absolute Gasteiger partial charge is 0.243 e. The molecular formula is C19H29ClN2O4S. The molecule has 1 heterocycles. The van der Waals surface area contributed by atoms with Crippen molar-refractivity contribution in [3.8, 4) is 0 Å². The Morgan fingerprint density at radius 2 is 1.89 bits per heavy atom. The van der Waals surface area contributed by atoms with E-state index in [0.717, 1.165) is 13.0 Å². The first-order valence-electron chi connectivity index (χ1n) is 9.42. The molecule has 1 aromatic rings. The van der Waals surface area contributed by atoms with Crippen LogP contribution >= 0.6 is 11.6 Å². The molecule has 1 aromatic carbocycles. The minimum atomic E-state index is -3.54. The van der Waals surface area contributed by atoms with E-state index in [2.05, 4.69) is 19.2 Å². The third-order valence-electron chi connectivity index (χ3n) is 4.49. The third-order valence-corrected chi connectivity index (χ3v) is 6.66. The topological polar surface area (TPSA) is 75.7 Å². The van der Waals surface area contributed by atoms with Crippen molar-refractivity contribution >= 4 is 27.5 Å². The van der Waals surface area contributed by atoms with Gasteiger partial charge in [-0.2, -0.15) is 4.31 Å². The van der Waals surface area contributed by atoms with Gasteiger partial charge in [-0.25, -0.2) is 8.42 Å². The maximum atomic E-state index is 12.7. The van der Waals surface area contributed by atoms with Crippen LogP contribution < -0.4 is 5.32 Å². The van der Waals surface area contributed by atoms with Crippen molar-refractivity contribution in [3.63, 3.8) is 0 Å². The summed E-state index contributed by atoms with van der Waals surface area (Å²) < 4.78 is 32.3. The van der Waals surface area contributed by atoms with Gasteiger partial charge in [0.2, 0.25) is 15.9 Å². The van der Waals surface area contributed by atoms with Crippen LogP contribution in [0.5, 0.6) is 0 Å². The van der Waals surface area contributed by atoms with Gasteiger partial charge in [0.1, 0.15) is 0 Å².